The standard InChI is InChI=1S/C11H14N2O7S2/c1-3-21(17,18)7-6-12(2)22(19,20)9-4-5-11(14)10(8-9)13(15)16/h3-5,8,14H,1,6-7H2,2H3. The Morgan fingerprint density at radius 2 is 1.95 bits per heavy atom. The van der Waals surface area contributed by atoms with Gasteiger partial charge in [0.25, 0.3) is 0 Å². The highest BCUT2D eigenvalue weighted by Crippen LogP contribution is 2.29. The Kier molecular flexibility index (Phi) is 5.27. The molecule has 0 saturated carbocycles. The smallest absolute Gasteiger partial charge is 0.312 e. The fourth-order valence-corrected chi connectivity index (χ4v) is 3.45. The molecule has 0 aliphatic carbocycles. The molecule has 0 fully saturated rings. The lowest BCUT2D eigenvalue weighted by Gasteiger charge is -2.16. The molecule has 22 heavy (non-hydrogen) atoms. The molecule has 0 unspecified atom stereocenters. The van der Waals surface area contributed by atoms with Gasteiger partial charge in [0.15, 0.2) is 15.6 Å². The second-order valence-electron chi connectivity index (χ2n) is 4.27. The van der Waals surface area contributed by atoms with Crippen LogP contribution < -0.4 is 0 Å². The van der Waals surface area contributed by atoms with E-state index in [-0.39, 0.29) is 6.54 Å². The van der Waals surface area contributed by atoms with Crippen LogP contribution in [0.2, 0.25) is 0 Å². The molecule has 1 aromatic carbocycles. The van der Waals surface area contributed by atoms with Gasteiger partial charge < -0.3 is 5.11 Å². The first-order valence-corrected chi connectivity index (χ1v) is 8.96. The van der Waals surface area contributed by atoms with Crippen LogP contribution in [0, 0.1) is 10.1 Å². The number of sulfonamides is 1. The van der Waals surface area contributed by atoms with E-state index in [1.165, 1.54) is 0 Å². The third kappa shape index (κ3) is 4.02. The maximum atomic E-state index is 12.2. The third-order valence-electron chi connectivity index (χ3n) is 2.80. The van der Waals surface area contributed by atoms with Gasteiger partial charge in [0.1, 0.15) is 0 Å². The number of phenolic OH excluding ortho intramolecular Hbond substituents is 1. The molecule has 0 aromatic heterocycles. The van der Waals surface area contributed by atoms with Gasteiger partial charge in [-0.1, -0.05) is 6.58 Å². The molecule has 1 aromatic rings. The number of hydrogen-bond donors (Lipinski definition) is 1. The van der Waals surface area contributed by atoms with Gasteiger partial charge in [-0.3, -0.25) is 10.1 Å². The van der Waals surface area contributed by atoms with Crippen LogP contribution in [0.4, 0.5) is 5.69 Å². The van der Waals surface area contributed by atoms with E-state index >= 15 is 0 Å². The van der Waals surface area contributed by atoms with Crippen molar-refractivity contribution in [2.75, 3.05) is 19.3 Å². The number of sulfone groups is 1. The number of aromatic hydroxyl groups is 1. The van der Waals surface area contributed by atoms with E-state index in [2.05, 4.69) is 6.58 Å². The van der Waals surface area contributed by atoms with Crippen molar-refractivity contribution in [3.8, 4) is 5.75 Å². The Labute approximate surface area is 127 Å². The van der Waals surface area contributed by atoms with Crippen LogP contribution in [0.15, 0.2) is 35.1 Å². The fraction of sp³-hybridized carbons (Fsp3) is 0.273. The van der Waals surface area contributed by atoms with Crippen LogP contribution in [-0.2, 0) is 19.9 Å². The van der Waals surface area contributed by atoms with E-state index in [0.717, 1.165) is 28.9 Å². The van der Waals surface area contributed by atoms with E-state index in [1.54, 1.807) is 0 Å². The van der Waals surface area contributed by atoms with Crippen molar-refractivity contribution in [3.05, 3.63) is 40.3 Å². The number of benzene rings is 1. The Morgan fingerprint density at radius 3 is 2.45 bits per heavy atom. The number of nitrogens with zero attached hydrogens (tertiary/aromatic N) is 2. The topological polar surface area (TPSA) is 135 Å². The molecule has 1 N–H and O–H groups in total. The molecule has 0 amide bonds. The van der Waals surface area contributed by atoms with Crippen molar-refractivity contribution in [2.24, 2.45) is 0 Å². The molecule has 11 heteroatoms. The Morgan fingerprint density at radius 1 is 1.36 bits per heavy atom. The molecule has 0 saturated heterocycles. The summed E-state index contributed by atoms with van der Waals surface area (Å²) >= 11 is 0. The van der Waals surface area contributed by atoms with Gasteiger partial charge in [-0.2, -0.15) is 4.31 Å². The molecule has 0 heterocycles. The first-order valence-electron chi connectivity index (χ1n) is 5.80. The summed E-state index contributed by atoms with van der Waals surface area (Å²) in [5, 5.41) is 20.7. The van der Waals surface area contributed by atoms with Crippen LogP contribution in [0.3, 0.4) is 0 Å². The molecular formula is C11H14N2O7S2. The van der Waals surface area contributed by atoms with Crippen LogP contribution >= 0.6 is 0 Å². The largest absolute Gasteiger partial charge is 0.502 e. The molecule has 0 atom stereocenters. The van der Waals surface area contributed by atoms with Crippen molar-refractivity contribution >= 4 is 25.5 Å². The highest BCUT2D eigenvalue weighted by molar-refractivity contribution is 7.94. The Hall–Kier alpha value is -1.98. The third-order valence-corrected chi connectivity index (χ3v) is 5.91. The molecule has 0 aliphatic rings. The number of nitro benzene ring substituents is 1. The summed E-state index contributed by atoms with van der Waals surface area (Å²) in [7, 11) is -6.55. The molecule has 0 spiro atoms. The van der Waals surface area contributed by atoms with E-state index in [9.17, 15) is 32.1 Å². The lowest BCUT2D eigenvalue weighted by atomic mass is 10.3. The predicted molar refractivity (Wildman–Crippen MR) is 78.6 cm³/mol. The molecule has 1 rings (SSSR count). The maximum absolute atomic E-state index is 12.2. The van der Waals surface area contributed by atoms with Gasteiger partial charge in [0, 0.05) is 25.1 Å². The van der Waals surface area contributed by atoms with Crippen molar-refractivity contribution in [1.29, 1.82) is 0 Å². The van der Waals surface area contributed by atoms with Crippen molar-refractivity contribution in [3.63, 3.8) is 0 Å². The van der Waals surface area contributed by atoms with Crippen LogP contribution in [0.25, 0.3) is 0 Å². The second kappa shape index (κ2) is 6.42. The lowest BCUT2D eigenvalue weighted by molar-refractivity contribution is -0.386. The van der Waals surface area contributed by atoms with Gasteiger partial charge in [0.05, 0.1) is 15.6 Å². The minimum atomic E-state index is -4.12. The zero-order valence-electron chi connectivity index (χ0n) is 11.5. The minimum absolute atomic E-state index is 0.342. The van der Waals surface area contributed by atoms with Gasteiger partial charge in [-0.05, 0) is 12.1 Å². The van der Waals surface area contributed by atoms with E-state index in [0.29, 0.717) is 6.07 Å². The quantitative estimate of drug-likeness (QED) is 0.558. The van der Waals surface area contributed by atoms with Crippen LogP contribution in [0.1, 0.15) is 0 Å². The maximum Gasteiger partial charge on any atom is 0.312 e. The highest BCUT2D eigenvalue weighted by Gasteiger charge is 2.25. The summed E-state index contributed by atoms with van der Waals surface area (Å²) in [5.41, 5.74) is -0.756. The normalized spacial score (nSPS) is 12.3. The lowest BCUT2D eigenvalue weighted by Crippen LogP contribution is -2.31. The minimum Gasteiger partial charge on any atom is -0.502 e. The second-order valence-corrected chi connectivity index (χ2v) is 8.38. The molecule has 0 bridgehead atoms. The predicted octanol–water partition coefficient (Wildman–Crippen LogP) is 0.479. The van der Waals surface area contributed by atoms with E-state index < -0.39 is 46.9 Å². The summed E-state index contributed by atoms with van der Waals surface area (Å²) in [6, 6.07) is 2.60. The van der Waals surface area contributed by atoms with Crippen molar-refractivity contribution < 1.29 is 26.9 Å². The average Bonchev–Trinajstić information content (AvgIpc) is 2.44. The first-order chi connectivity index (χ1) is 10.0. The summed E-state index contributed by atoms with van der Waals surface area (Å²) in [6.07, 6.45) is 0. The van der Waals surface area contributed by atoms with E-state index in [4.69, 9.17) is 0 Å². The molecule has 0 radical (unpaired) electrons. The van der Waals surface area contributed by atoms with Gasteiger partial charge in [0.2, 0.25) is 10.0 Å². The van der Waals surface area contributed by atoms with Crippen LogP contribution in [0.5, 0.6) is 5.75 Å². The van der Waals surface area contributed by atoms with Gasteiger partial charge in [-0.15, -0.1) is 0 Å². The van der Waals surface area contributed by atoms with Crippen molar-refractivity contribution in [1.82, 2.24) is 4.31 Å². The summed E-state index contributed by atoms with van der Waals surface area (Å²) in [5.74, 6) is -1.13. The van der Waals surface area contributed by atoms with Crippen molar-refractivity contribution in [2.45, 2.75) is 4.90 Å². The molecular weight excluding hydrogens is 336 g/mol. The van der Waals surface area contributed by atoms with Crippen LogP contribution in [-0.4, -0.2) is 50.5 Å². The zero-order chi connectivity index (χ0) is 17.1. The number of phenols is 1. The number of hydrogen-bond acceptors (Lipinski definition) is 7. The Bertz CT molecular complexity index is 800. The highest BCUT2D eigenvalue weighted by atomic mass is 32.2. The first kappa shape index (κ1) is 18.1. The average molecular weight is 350 g/mol. The number of nitro groups is 1. The molecule has 122 valence electrons. The monoisotopic (exact) mass is 350 g/mol. The fourth-order valence-electron chi connectivity index (χ4n) is 1.45. The summed E-state index contributed by atoms with van der Waals surface area (Å²) in [6.45, 7) is 2.77. The summed E-state index contributed by atoms with van der Waals surface area (Å²) < 4.78 is 47.8. The SMILES string of the molecule is C=CS(=O)(=O)CCN(C)S(=O)(=O)c1ccc(O)c([N+](=O)[O-])c1. The number of rotatable bonds is 7. The zero-order valence-corrected chi connectivity index (χ0v) is 13.2. The Balaban J connectivity index is 3.11. The molecule has 0 aliphatic heterocycles. The molecule has 9 nitrogen and oxygen atoms in total. The van der Waals surface area contributed by atoms with E-state index in [1.807, 2.05) is 0 Å². The van der Waals surface area contributed by atoms with Gasteiger partial charge >= 0.3 is 5.69 Å². The van der Waals surface area contributed by atoms with Gasteiger partial charge in [-0.25, -0.2) is 16.8 Å². The summed E-state index contributed by atoms with van der Waals surface area (Å²) in [4.78, 5) is 9.37.